The molecule has 0 amide bonds. The summed E-state index contributed by atoms with van der Waals surface area (Å²) >= 11 is 0. The van der Waals surface area contributed by atoms with Crippen LogP contribution in [0.5, 0.6) is 0 Å². The number of nitrogens with one attached hydrogen (secondary N) is 1. The number of anilines is 1. The molecule has 0 saturated heterocycles. The van der Waals surface area contributed by atoms with Crippen LogP contribution in [-0.2, 0) is 10.2 Å². The van der Waals surface area contributed by atoms with Crippen molar-refractivity contribution in [3.05, 3.63) is 65.5 Å². The number of ketones is 1. The molecule has 35 heavy (non-hydrogen) atoms. The summed E-state index contributed by atoms with van der Waals surface area (Å²) in [6.07, 6.45) is 1.46. The molecule has 1 aromatic heterocycles. The summed E-state index contributed by atoms with van der Waals surface area (Å²) in [6.45, 7) is 10.8. The van der Waals surface area contributed by atoms with Gasteiger partial charge in [-0.3, -0.25) is 9.59 Å². The van der Waals surface area contributed by atoms with Gasteiger partial charge in [0.2, 0.25) is 11.8 Å². The molecule has 0 fully saturated rings. The molecule has 0 spiro atoms. The van der Waals surface area contributed by atoms with Crippen molar-refractivity contribution in [2.24, 2.45) is 5.92 Å². The van der Waals surface area contributed by atoms with Crippen molar-refractivity contribution < 1.29 is 19.1 Å². The Morgan fingerprint density at radius 3 is 2.23 bits per heavy atom. The summed E-state index contributed by atoms with van der Waals surface area (Å²) in [5, 5.41) is 20.9. The monoisotopic (exact) mass is 477 g/mol. The molecule has 0 bridgehead atoms. The molecule has 0 aliphatic heterocycles. The first kappa shape index (κ1) is 26.1. The van der Waals surface area contributed by atoms with Crippen molar-refractivity contribution in [1.82, 2.24) is 10.2 Å². The number of hydrogen-bond acceptors (Lipinski definition) is 6. The number of aromatic nitrogens is 2. The SMILES string of the molecule is CCC(C)[C@H](Nc1ccc(C(=O)CCCC(=O)O)cc1)c1nnc(-c2ccc(C(C)(C)C)cc2)o1. The maximum Gasteiger partial charge on any atom is 0.303 e. The van der Waals surface area contributed by atoms with Gasteiger partial charge in [0.1, 0.15) is 6.04 Å². The number of Topliss-reactive ketones (excluding diaryl/α,β-unsaturated/α-hetero) is 1. The van der Waals surface area contributed by atoms with E-state index >= 15 is 0 Å². The van der Waals surface area contributed by atoms with E-state index in [1.54, 1.807) is 12.1 Å². The molecule has 7 heteroatoms. The third kappa shape index (κ3) is 7.01. The van der Waals surface area contributed by atoms with E-state index in [1.807, 2.05) is 24.3 Å². The van der Waals surface area contributed by atoms with E-state index in [-0.39, 0.29) is 36.0 Å². The van der Waals surface area contributed by atoms with E-state index in [0.29, 0.717) is 23.8 Å². The summed E-state index contributed by atoms with van der Waals surface area (Å²) in [6, 6.07) is 15.2. The molecule has 2 aromatic carbocycles. The number of carboxylic acid groups (broad SMARTS) is 1. The van der Waals surface area contributed by atoms with E-state index in [4.69, 9.17) is 9.52 Å². The van der Waals surface area contributed by atoms with Gasteiger partial charge < -0.3 is 14.8 Å². The number of carboxylic acids is 1. The number of rotatable bonds is 11. The summed E-state index contributed by atoms with van der Waals surface area (Å²) in [5.41, 5.74) is 3.60. The van der Waals surface area contributed by atoms with Crippen molar-refractivity contribution in [3.63, 3.8) is 0 Å². The third-order valence-corrected chi connectivity index (χ3v) is 6.24. The molecule has 0 saturated carbocycles. The number of carbonyl (C=O) groups excluding carboxylic acids is 1. The predicted molar refractivity (Wildman–Crippen MR) is 137 cm³/mol. The van der Waals surface area contributed by atoms with Crippen LogP contribution >= 0.6 is 0 Å². The molecule has 3 aromatic rings. The van der Waals surface area contributed by atoms with Crippen molar-refractivity contribution >= 4 is 17.4 Å². The minimum absolute atomic E-state index is 0.00509. The number of carbonyl (C=O) groups is 2. The van der Waals surface area contributed by atoms with Crippen molar-refractivity contribution in [3.8, 4) is 11.5 Å². The van der Waals surface area contributed by atoms with Gasteiger partial charge in [0, 0.05) is 29.7 Å². The number of hydrogen-bond donors (Lipinski definition) is 2. The van der Waals surface area contributed by atoms with Gasteiger partial charge in [-0.15, -0.1) is 10.2 Å². The third-order valence-electron chi connectivity index (χ3n) is 6.24. The van der Waals surface area contributed by atoms with E-state index < -0.39 is 5.97 Å². The molecule has 7 nitrogen and oxygen atoms in total. The van der Waals surface area contributed by atoms with E-state index in [1.165, 1.54) is 5.56 Å². The first-order valence-electron chi connectivity index (χ1n) is 12.1. The first-order valence-corrected chi connectivity index (χ1v) is 12.1. The normalized spacial score (nSPS) is 13.3. The van der Waals surface area contributed by atoms with E-state index in [9.17, 15) is 9.59 Å². The quantitative estimate of drug-likeness (QED) is 0.297. The Kier molecular flexibility index (Phi) is 8.43. The highest BCUT2D eigenvalue weighted by Gasteiger charge is 2.25. The Labute approximate surface area is 207 Å². The highest BCUT2D eigenvalue weighted by Crippen LogP contribution is 2.31. The van der Waals surface area contributed by atoms with Gasteiger partial charge in [-0.05, 0) is 59.7 Å². The number of nitrogens with zero attached hydrogens (tertiary/aromatic N) is 2. The van der Waals surface area contributed by atoms with E-state index in [2.05, 4.69) is 62.3 Å². The molecular formula is C28H35N3O4. The lowest BCUT2D eigenvalue weighted by molar-refractivity contribution is -0.137. The number of benzene rings is 2. The maximum absolute atomic E-state index is 12.3. The van der Waals surface area contributed by atoms with Gasteiger partial charge in [0.15, 0.2) is 5.78 Å². The molecule has 0 aliphatic rings. The molecule has 1 heterocycles. The molecule has 0 aliphatic carbocycles. The van der Waals surface area contributed by atoms with Gasteiger partial charge in [0.25, 0.3) is 0 Å². The van der Waals surface area contributed by atoms with Gasteiger partial charge >= 0.3 is 5.97 Å². The molecule has 2 atom stereocenters. The average molecular weight is 478 g/mol. The Balaban J connectivity index is 1.73. The molecule has 0 radical (unpaired) electrons. The predicted octanol–water partition coefficient (Wildman–Crippen LogP) is 6.67. The number of aliphatic carboxylic acids is 1. The second-order valence-electron chi connectivity index (χ2n) is 10.0. The Hall–Kier alpha value is -3.48. The van der Waals surface area contributed by atoms with Crippen molar-refractivity contribution in [1.29, 1.82) is 0 Å². The summed E-state index contributed by atoms with van der Waals surface area (Å²) in [7, 11) is 0. The van der Waals surface area contributed by atoms with Crippen LogP contribution in [0.25, 0.3) is 11.5 Å². The zero-order chi connectivity index (χ0) is 25.6. The first-order chi connectivity index (χ1) is 16.6. The Bertz CT molecular complexity index is 1130. The Morgan fingerprint density at radius 2 is 1.66 bits per heavy atom. The van der Waals surface area contributed by atoms with Crippen LogP contribution < -0.4 is 5.32 Å². The molecule has 2 N–H and O–H groups in total. The fourth-order valence-electron chi connectivity index (χ4n) is 3.75. The fraction of sp³-hybridized carbons (Fsp3) is 0.429. The lowest BCUT2D eigenvalue weighted by Gasteiger charge is -2.22. The summed E-state index contributed by atoms with van der Waals surface area (Å²) in [4.78, 5) is 23.0. The highest BCUT2D eigenvalue weighted by atomic mass is 16.4. The van der Waals surface area contributed by atoms with E-state index in [0.717, 1.165) is 17.7 Å². The molecular weight excluding hydrogens is 442 g/mol. The van der Waals surface area contributed by atoms with Gasteiger partial charge in [-0.1, -0.05) is 53.2 Å². The average Bonchev–Trinajstić information content (AvgIpc) is 3.31. The van der Waals surface area contributed by atoms with Gasteiger partial charge in [-0.25, -0.2) is 0 Å². The lowest BCUT2D eigenvalue weighted by atomic mass is 9.87. The second-order valence-corrected chi connectivity index (χ2v) is 10.0. The molecule has 3 rings (SSSR count). The van der Waals surface area contributed by atoms with Crippen LogP contribution in [-0.4, -0.2) is 27.1 Å². The van der Waals surface area contributed by atoms with Crippen LogP contribution in [0.15, 0.2) is 52.9 Å². The van der Waals surface area contributed by atoms with Crippen molar-refractivity contribution in [2.45, 2.75) is 71.8 Å². The smallest absolute Gasteiger partial charge is 0.303 e. The van der Waals surface area contributed by atoms with Gasteiger partial charge in [0.05, 0.1) is 0 Å². The lowest BCUT2D eigenvalue weighted by Crippen LogP contribution is -2.19. The Morgan fingerprint density at radius 1 is 1.00 bits per heavy atom. The zero-order valence-corrected chi connectivity index (χ0v) is 21.2. The van der Waals surface area contributed by atoms with Crippen LogP contribution in [0.3, 0.4) is 0 Å². The summed E-state index contributed by atoms with van der Waals surface area (Å²) < 4.78 is 6.09. The largest absolute Gasteiger partial charge is 0.481 e. The minimum atomic E-state index is -0.889. The minimum Gasteiger partial charge on any atom is -0.481 e. The maximum atomic E-state index is 12.3. The topological polar surface area (TPSA) is 105 Å². The summed E-state index contributed by atoms with van der Waals surface area (Å²) in [5.74, 6) is 0.277. The zero-order valence-electron chi connectivity index (χ0n) is 21.2. The van der Waals surface area contributed by atoms with Crippen LogP contribution in [0, 0.1) is 5.92 Å². The van der Waals surface area contributed by atoms with Crippen LogP contribution in [0.4, 0.5) is 5.69 Å². The standard InChI is InChI=1S/C28H35N3O4/c1-6-18(2)25(29-22-16-12-19(13-17-22)23(32)8-7-9-24(33)34)27-31-30-26(35-27)20-10-14-21(15-11-20)28(3,4)5/h10-18,25,29H,6-9H2,1-5H3,(H,33,34)/t18?,25-/m0/s1. The highest BCUT2D eigenvalue weighted by molar-refractivity contribution is 5.96. The van der Waals surface area contributed by atoms with Crippen LogP contribution in [0.1, 0.15) is 88.2 Å². The molecule has 1 unspecified atom stereocenters. The van der Waals surface area contributed by atoms with Gasteiger partial charge in [-0.2, -0.15) is 0 Å². The molecule has 186 valence electrons. The van der Waals surface area contributed by atoms with Crippen LogP contribution in [0.2, 0.25) is 0 Å². The van der Waals surface area contributed by atoms with Crippen molar-refractivity contribution in [2.75, 3.05) is 5.32 Å². The second kappa shape index (κ2) is 11.3. The fourth-order valence-corrected chi connectivity index (χ4v) is 3.75.